The van der Waals surface area contributed by atoms with Crippen molar-refractivity contribution in [2.75, 3.05) is 6.61 Å². The normalized spacial score (nSPS) is 20.9. The molecule has 0 bridgehead atoms. The van der Waals surface area contributed by atoms with Gasteiger partial charge in [-0.05, 0) is 30.2 Å². The van der Waals surface area contributed by atoms with E-state index in [1.165, 1.54) is 16.8 Å². The van der Waals surface area contributed by atoms with Gasteiger partial charge in [-0.15, -0.1) is 0 Å². The van der Waals surface area contributed by atoms with E-state index in [0.29, 0.717) is 30.2 Å². The Bertz CT molecular complexity index is 963. The van der Waals surface area contributed by atoms with Gasteiger partial charge < -0.3 is 4.74 Å². The zero-order valence-corrected chi connectivity index (χ0v) is 16.4. The molecule has 1 spiro atoms. The Balaban J connectivity index is 1.83. The summed E-state index contributed by atoms with van der Waals surface area (Å²) in [4.78, 5) is 12.2. The lowest BCUT2D eigenvalue weighted by Gasteiger charge is -2.39. The van der Waals surface area contributed by atoms with E-state index in [-0.39, 0.29) is 17.4 Å². The Morgan fingerprint density at radius 2 is 2.07 bits per heavy atom. The molecular formula is C21H20F2N2O2S. The third-order valence-corrected chi connectivity index (χ3v) is 6.21. The van der Waals surface area contributed by atoms with Crippen LogP contribution in [0.2, 0.25) is 0 Å². The molecule has 2 aliphatic heterocycles. The van der Waals surface area contributed by atoms with Crippen LogP contribution in [0, 0.1) is 17.6 Å². The van der Waals surface area contributed by atoms with E-state index in [9.17, 15) is 13.6 Å². The standard InChI is InChI=1S/C21H20F2N2O2S/c1-13(2)11-19(26)25-21(9-10-27-18-6-4-3-5-16(18)21)28-20(24-25)15-12-14(22)7-8-17(15)23/h3-8,12-13H,9-11H2,1-2H3. The van der Waals surface area contributed by atoms with Crippen molar-refractivity contribution in [2.24, 2.45) is 11.0 Å². The van der Waals surface area contributed by atoms with Crippen LogP contribution >= 0.6 is 11.8 Å². The topological polar surface area (TPSA) is 41.9 Å². The molecule has 7 heteroatoms. The maximum absolute atomic E-state index is 14.4. The maximum Gasteiger partial charge on any atom is 0.244 e. The first-order chi connectivity index (χ1) is 13.4. The van der Waals surface area contributed by atoms with Crippen molar-refractivity contribution in [3.8, 4) is 5.75 Å². The van der Waals surface area contributed by atoms with Crippen molar-refractivity contribution in [1.29, 1.82) is 0 Å². The summed E-state index contributed by atoms with van der Waals surface area (Å²) < 4.78 is 34.0. The molecule has 0 radical (unpaired) electrons. The molecule has 2 aromatic carbocycles. The van der Waals surface area contributed by atoms with Gasteiger partial charge in [-0.25, -0.2) is 13.8 Å². The van der Waals surface area contributed by atoms with Crippen LogP contribution in [0.3, 0.4) is 0 Å². The SMILES string of the molecule is CC(C)CC(=O)N1N=C(c2cc(F)ccc2F)SC12CCOc1ccccc12. The Morgan fingerprint density at radius 3 is 2.86 bits per heavy atom. The number of thioether (sulfide) groups is 1. The minimum Gasteiger partial charge on any atom is -0.493 e. The molecular weight excluding hydrogens is 382 g/mol. The summed E-state index contributed by atoms with van der Waals surface area (Å²) in [6.45, 7) is 4.33. The van der Waals surface area contributed by atoms with Gasteiger partial charge >= 0.3 is 0 Å². The molecule has 4 rings (SSSR count). The quantitative estimate of drug-likeness (QED) is 0.735. The number of nitrogens with zero attached hydrogens (tertiary/aromatic N) is 2. The molecule has 0 N–H and O–H groups in total. The fourth-order valence-electron chi connectivity index (χ4n) is 3.53. The molecule has 0 saturated heterocycles. The lowest BCUT2D eigenvalue weighted by atomic mass is 9.98. The summed E-state index contributed by atoms with van der Waals surface area (Å²) in [6, 6.07) is 10.8. The van der Waals surface area contributed by atoms with Crippen LogP contribution in [0.5, 0.6) is 5.75 Å². The van der Waals surface area contributed by atoms with Gasteiger partial charge in [0.05, 0.1) is 6.61 Å². The summed E-state index contributed by atoms with van der Waals surface area (Å²) >= 11 is 1.28. The maximum atomic E-state index is 14.4. The lowest BCUT2D eigenvalue weighted by Crippen LogP contribution is -2.44. The van der Waals surface area contributed by atoms with Crippen LogP contribution in [0.4, 0.5) is 8.78 Å². The first kappa shape index (κ1) is 18.9. The highest BCUT2D eigenvalue weighted by Crippen LogP contribution is 2.54. The van der Waals surface area contributed by atoms with Gasteiger partial charge in [0.1, 0.15) is 27.3 Å². The number of hydrogen-bond donors (Lipinski definition) is 0. The Labute approximate surface area is 166 Å². The van der Waals surface area contributed by atoms with Crippen molar-refractivity contribution < 1.29 is 18.3 Å². The van der Waals surface area contributed by atoms with E-state index in [4.69, 9.17) is 4.74 Å². The van der Waals surface area contributed by atoms with Crippen LogP contribution in [0.15, 0.2) is 47.6 Å². The van der Waals surface area contributed by atoms with Crippen LogP contribution in [-0.4, -0.2) is 22.6 Å². The molecule has 0 aromatic heterocycles. The zero-order chi connectivity index (χ0) is 19.9. The molecule has 2 aromatic rings. The van der Waals surface area contributed by atoms with Crippen molar-refractivity contribution in [1.82, 2.24) is 5.01 Å². The number of para-hydroxylation sites is 1. The zero-order valence-electron chi connectivity index (χ0n) is 15.6. The van der Waals surface area contributed by atoms with Crippen LogP contribution < -0.4 is 4.74 Å². The Kier molecular flexibility index (Phi) is 4.87. The summed E-state index contributed by atoms with van der Waals surface area (Å²) in [5.41, 5.74) is 0.882. The second-order valence-electron chi connectivity index (χ2n) is 7.31. The fourth-order valence-corrected chi connectivity index (χ4v) is 4.94. The predicted molar refractivity (Wildman–Crippen MR) is 105 cm³/mol. The number of carbonyl (C=O) groups is 1. The third kappa shape index (κ3) is 3.17. The Hall–Kier alpha value is -2.41. The summed E-state index contributed by atoms with van der Waals surface area (Å²) in [6.07, 6.45) is 0.816. The minimum atomic E-state index is -0.824. The van der Waals surface area contributed by atoms with Gasteiger partial charge in [0.2, 0.25) is 5.91 Å². The molecule has 1 amide bonds. The van der Waals surface area contributed by atoms with Crippen LogP contribution in [0.25, 0.3) is 0 Å². The minimum absolute atomic E-state index is 0.0631. The highest BCUT2D eigenvalue weighted by molar-refractivity contribution is 8.15. The summed E-state index contributed by atoms with van der Waals surface area (Å²) in [5.74, 6) is -0.435. The number of hydrogen-bond acceptors (Lipinski definition) is 4. The first-order valence-corrected chi connectivity index (χ1v) is 10.0. The van der Waals surface area contributed by atoms with Gasteiger partial charge in [-0.1, -0.05) is 43.8 Å². The molecule has 4 nitrogen and oxygen atoms in total. The number of rotatable bonds is 3. The van der Waals surface area contributed by atoms with Crippen molar-refractivity contribution in [2.45, 2.75) is 31.6 Å². The highest BCUT2D eigenvalue weighted by Gasteiger charge is 2.51. The molecule has 2 aliphatic rings. The number of ether oxygens (including phenoxy) is 1. The first-order valence-electron chi connectivity index (χ1n) is 9.19. The molecule has 146 valence electrons. The number of carbonyl (C=O) groups excluding carboxylic acids is 1. The van der Waals surface area contributed by atoms with Gasteiger partial charge in [-0.3, -0.25) is 4.79 Å². The molecule has 2 heterocycles. The number of hydrazone groups is 1. The van der Waals surface area contributed by atoms with Crippen molar-refractivity contribution in [3.63, 3.8) is 0 Å². The molecule has 0 fully saturated rings. The molecule has 28 heavy (non-hydrogen) atoms. The van der Waals surface area contributed by atoms with E-state index < -0.39 is 16.5 Å². The second-order valence-corrected chi connectivity index (χ2v) is 8.58. The van der Waals surface area contributed by atoms with E-state index in [1.807, 2.05) is 38.1 Å². The van der Waals surface area contributed by atoms with Crippen molar-refractivity contribution >= 4 is 22.7 Å². The number of amides is 1. The number of halogens is 2. The highest BCUT2D eigenvalue weighted by atomic mass is 32.2. The monoisotopic (exact) mass is 402 g/mol. The predicted octanol–water partition coefficient (Wildman–Crippen LogP) is 4.88. The van der Waals surface area contributed by atoms with Gasteiger partial charge in [0.15, 0.2) is 0 Å². The molecule has 1 atom stereocenters. The number of fused-ring (bicyclic) bond motifs is 2. The van der Waals surface area contributed by atoms with E-state index in [2.05, 4.69) is 5.10 Å². The van der Waals surface area contributed by atoms with E-state index >= 15 is 0 Å². The molecule has 0 saturated carbocycles. The average Bonchev–Trinajstić information content (AvgIpc) is 3.03. The molecule has 1 unspecified atom stereocenters. The van der Waals surface area contributed by atoms with Crippen LogP contribution in [0.1, 0.15) is 37.8 Å². The van der Waals surface area contributed by atoms with Crippen LogP contribution in [-0.2, 0) is 9.67 Å². The average molecular weight is 402 g/mol. The Morgan fingerprint density at radius 1 is 1.29 bits per heavy atom. The molecule has 0 aliphatic carbocycles. The number of benzene rings is 2. The van der Waals surface area contributed by atoms with Crippen molar-refractivity contribution in [3.05, 3.63) is 65.2 Å². The third-order valence-electron chi connectivity index (χ3n) is 4.78. The van der Waals surface area contributed by atoms with Gasteiger partial charge in [0, 0.05) is 24.0 Å². The summed E-state index contributed by atoms with van der Waals surface area (Å²) in [7, 11) is 0. The fraction of sp³-hybridized carbons (Fsp3) is 0.333. The van der Waals surface area contributed by atoms with E-state index in [1.54, 1.807) is 0 Å². The van der Waals surface area contributed by atoms with E-state index in [0.717, 1.165) is 23.8 Å². The summed E-state index contributed by atoms with van der Waals surface area (Å²) in [5, 5.41) is 6.24. The van der Waals surface area contributed by atoms with Gasteiger partial charge in [-0.2, -0.15) is 5.10 Å². The lowest BCUT2D eigenvalue weighted by molar-refractivity contribution is -0.136. The smallest absolute Gasteiger partial charge is 0.244 e. The second kappa shape index (κ2) is 7.20. The largest absolute Gasteiger partial charge is 0.493 e. The van der Waals surface area contributed by atoms with Gasteiger partial charge in [0.25, 0.3) is 0 Å².